The lowest BCUT2D eigenvalue weighted by atomic mass is 9.89. The molecule has 1 aromatic carbocycles. The molecule has 34 heavy (non-hydrogen) atoms. The molecule has 9 heteroatoms. The molecular formula is C25H29N7O2. The minimum atomic E-state index is -0.294. The topological polar surface area (TPSA) is 102 Å². The maximum Gasteiger partial charge on any atom is 0.295 e. The molecule has 2 aliphatic heterocycles. The average Bonchev–Trinajstić information content (AvgIpc) is 3.24. The van der Waals surface area contributed by atoms with Crippen molar-refractivity contribution in [3.63, 3.8) is 0 Å². The van der Waals surface area contributed by atoms with Crippen molar-refractivity contribution >= 4 is 11.6 Å². The Labute approximate surface area is 198 Å². The molecule has 1 atom stereocenters. The molecule has 1 spiro atoms. The molecule has 1 saturated carbocycles. The van der Waals surface area contributed by atoms with Gasteiger partial charge in [-0.2, -0.15) is 5.10 Å². The van der Waals surface area contributed by atoms with Gasteiger partial charge in [-0.25, -0.2) is 14.6 Å². The first kappa shape index (κ1) is 21.2. The van der Waals surface area contributed by atoms with E-state index in [1.807, 2.05) is 31.3 Å². The highest BCUT2D eigenvalue weighted by molar-refractivity contribution is 5.62. The Balaban J connectivity index is 1.30. The SMILES string of the molecule is Cc1cc(-c2cnn(-c3ccc(C4CC45CCNCC5)cc3[N+](=O)[O-])c2)nc(N2CCCC2)n1. The first-order valence-corrected chi connectivity index (χ1v) is 12.2. The Morgan fingerprint density at radius 2 is 1.94 bits per heavy atom. The molecule has 0 bridgehead atoms. The Kier molecular flexibility index (Phi) is 5.09. The fourth-order valence-corrected chi connectivity index (χ4v) is 5.74. The van der Waals surface area contributed by atoms with Crippen LogP contribution in [0.2, 0.25) is 0 Å². The second-order valence-electron chi connectivity index (χ2n) is 9.94. The van der Waals surface area contributed by atoms with E-state index in [0.717, 1.165) is 86.7 Å². The number of aryl methyl sites for hydroxylation is 1. The molecule has 2 aromatic heterocycles. The highest BCUT2D eigenvalue weighted by Gasteiger charge is 2.54. The summed E-state index contributed by atoms with van der Waals surface area (Å²) in [6, 6.07) is 7.59. The molecular weight excluding hydrogens is 430 g/mol. The number of nitro benzene ring substituents is 1. The maximum atomic E-state index is 12.0. The highest BCUT2D eigenvalue weighted by atomic mass is 16.6. The van der Waals surface area contributed by atoms with Crippen LogP contribution in [-0.2, 0) is 0 Å². The molecule has 3 fully saturated rings. The normalized spacial score (nSPS) is 21.2. The number of benzene rings is 1. The van der Waals surface area contributed by atoms with Crippen LogP contribution in [0, 0.1) is 22.5 Å². The Bertz CT molecular complexity index is 1240. The van der Waals surface area contributed by atoms with Crippen LogP contribution in [0.3, 0.4) is 0 Å². The van der Waals surface area contributed by atoms with Crippen LogP contribution >= 0.6 is 0 Å². The van der Waals surface area contributed by atoms with E-state index in [4.69, 9.17) is 4.98 Å². The number of aromatic nitrogens is 4. The monoisotopic (exact) mass is 459 g/mol. The fraction of sp³-hybridized carbons (Fsp3) is 0.480. The summed E-state index contributed by atoms with van der Waals surface area (Å²) in [6.07, 6.45) is 9.28. The van der Waals surface area contributed by atoms with Gasteiger partial charge in [0.15, 0.2) is 0 Å². The molecule has 0 radical (unpaired) electrons. The van der Waals surface area contributed by atoms with Crippen LogP contribution in [0.25, 0.3) is 16.9 Å². The first-order chi connectivity index (χ1) is 16.5. The summed E-state index contributed by atoms with van der Waals surface area (Å²) in [5.41, 5.74) is 4.48. The summed E-state index contributed by atoms with van der Waals surface area (Å²) < 4.78 is 1.59. The summed E-state index contributed by atoms with van der Waals surface area (Å²) in [7, 11) is 0. The number of hydrogen-bond donors (Lipinski definition) is 1. The summed E-state index contributed by atoms with van der Waals surface area (Å²) in [5, 5.41) is 19.9. The van der Waals surface area contributed by atoms with Crippen LogP contribution in [0.5, 0.6) is 0 Å². The van der Waals surface area contributed by atoms with Crippen LogP contribution in [0.15, 0.2) is 36.7 Å². The predicted molar refractivity (Wildman–Crippen MR) is 129 cm³/mol. The van der Waals surface area contributed by atoms with Crippen LogP contribution in [-0.4, -0.2) is 50.9 Å². The van der Waals surface area contributed by atoms with Gasteiger partial charge in [0.2, 0.25) is 5.95 Å². The fourth-order valence-electron chi connectivity index (χ4n) is 5.74. The van der Waals surface area contributed by atoms with Crippen molar-refractivity contribution in [2.24, 2.45) is 5.41 Å². The number of anilines is 1. The van der Waals surface area contributed by atoms with Gasteiger partial charge in [0.05, 0.1) is 16.8 Å². The van der Waals surface area contributed by atoms with Crippen molar-refractivity contribution in [1.82, 2.24) is 25.1 Å². The van der Waals surface area contributed by atoms with Gasteiger partial charge in [-0.3, -0.25) is 10.1 Å². The van der Waals surface area contributed by atoms with E-state index in [-0.39, 0.29) is 10.6 Å². The minimum absolute atomic E-state index is 0.0970. The molecule has 1 N–H and O–H groups in total. The van der Waals surface area contributed by atoms with E-state index in [0.29, 0.717) is 17.0 Å². The van der Waals surface area contributed by atoms with Crippen molar-refractivity contribution in [1.29, 1.82) is 0 Å². The molecule has 1 unspecified atom stereocenters. The second-order valence-corrected chi connectivity index (χ2v) is 9.94. The van der Waals surface area contributed by atoms with Crippen molar-refractivity contribution in [3.8, 4) is 16.9 Å². The Morgan fingerprint density at radius 3 is 2.71 bits per heavy atom. The van der Waals surface area contributed by atoms with Gasteiger partial charge < -0.3 is 10.2 Å². The largest absolute Gasteiger partial charge is 0.341 e. The van der Waals surface area contributed by atoms with Crippen molar-refractivity contribution in [3.05, 3.63) is 58.0 Å². The van der Waals surface area contributed by atoms with E-state index in [9.17, 15) is 10.1 Å². The number of nitrogens with zero attached hydrogens (tertiary/aromatic N) is 6. The van der Waals surface area contributed by atoms with Crippen LogP contribution in [0.4, 0.5) is 11.6 Å². The third kappa shape index (κ3) is 3.73. The van der Waals surface area contributed by atoms with Gasteiger partial charge >= 0.3 is 0 Å². The van der Waals surface area contributed by atoms with Gasteiger partial charge in [0.25, 0.3) is 5.69 Å². The molecule has 3 aliphatic rings. The van der Waals surface area contributed by atoms with Gasteiger partial charge in [0.1, 0.15) is 5.69 Å². The van der Waals surface area contributed by atoms with E-state index >= 15 is 0 Å². The molecule has 3 aromatic rings. The number of piperidine rings is 1. The Morgan fingerprint density at radius 1 is 1.15 bits per heavy atom. The number of nitro groups is 1. The van der Waals surface area contributed by atoms with E-state index in [1.54, 1.807) is 16.9 Å². The quantitative estimate of drug-likeness (QED) is 0.454. The number of nitrogens with one attached hydrogen (secondary N) is 1. The van der Waals surface area contributed by atoms with Crippen LogP contribution in [0.1, 0.15) is 49.3 Å². The first-order valence-electron chi connectivity index (χ1n) is 12.2. The molecule has 2 saturated heterocycles. The lowest BCUT2D eigenvalue weighted by molar-refractivity contribution is -0.384. The Hall–Kier alpha value is -3.33. The highest BCUT2D eigenvalue weighted by Crippen LogP contribution is 2.64. The molecule has 6 rings (SSSR count). The molecule has 176 valence electrons. The molecule has 4 heterocycles. The summed E-state index contributed by atoms with van der Waals surface area (Å²) in [6.45, 7) is 5.98. The van der Waals surface area contributed by atoms with Gasteiger partial charge in [-0.15, -0.1) is 0 Å². The lowest BCUT2D eigenvalue weighted by Crippen LogP contribution is -2.29. The zero-order chi connectivity index (χ0) is 23.3. The van der Waals surface area contributed by atoms with Crippen molar-refractivity contribution in [2.45, 2.75) is 44.9 Å². The number of hydrogen-bond acceptors (Lipinski definition) is 7. The van der Waals surface area contributed by atoms with Crippen molar-refractivity contribution in [2.75, 3.05) is 31.1 Å². The van der Waals surface area contributed by atoms with Gasteiger partial charge in [-0.05, 0) is 81.1 Å². The number of rotatable bonds is 5. The van der Waals surface area contributed by atoms with Gasteiger partial charge in [0, 0.05) is 36.6 Å². The smallest absolute Gasteiger partial charge is 0.295 e. The van der Waals surface area contributed by atoms with Crippen LogP contribution < -0.4 is 10.2 Å². The van der Waals surface area contributed by atoms with Crippen molar-refractivity contribution < 1.29 is 4.92 Å². The van der Waals surface area contributed by atoms with E-state index in [1.165, 1.54) is 0 Å². The molecule has 1 aliphatic carbocycles. The lowest BCUT2D eigenvalue weighted by Gasteiger charge is -2.23. The predicted octanol–water partition coefficient (Wildman–Crippen LogP) is 4.00. The summed E-state index contributed by atoms with van der Waals surface area (Å²) in [4.78, 5) is 23.3. The summed E-state index contributed by atoms with van der Waals surface area (Å²) >= 11 is 0. The molecule has 9 nitrogen and oxygen atoms in total. The summed E-state index contributed by atoms with van der Waals surface area (Å²) in [5.74, 6) is 1.16. The molecule has 0 amide bonds. The third-order valence-electron chi connectivity index (χ3n) is 7.74. The van der Waals surface area contributed by atoms with E-state index < -0.39 is 0 Å². The zero-order valence-corrected chi connectivity index (χ0v) is 19.4. The zero-order valence-electron chi connectivity index (χ0n) is 19.4. The third-order valence-corrected chi connectivity index (χ3v) is 7.74. The van der Waals surface area contributed by atoms with E-state index in [2.05, 4.69) is 20.3 Å². The van der Waals surface area contributed by atoms with Gasteiger partial charge in [-0.1, -0.05) is 6.07 Å². The second kappa shape index (κ2) is 8.16. The standard InChI is InChI=1S/C25H29N7O2/c1-17-12-21(29-24(28-17)30-10-2-3-11-30)19-15-27-31(16-19)22-5-4-18(13-23(22)32(33)34)20-14-25(20)6-8-26-9-7-25/h4-5,12-13,15-16,20,26H,2-3,6-11,14H2,1H3. The average molecular weight is 460 g/mol. The maximum absolute atomic E-state index is 12.0. The minimum Gasteiger partial charge on any atom is -0.341 e.